The third-order valence-electron chi connectivity index (χ3n) is 3.85. The number of methoxy groups -OCH3 is 1. The molecule has 1 aromatic heterocycles. The van der Waals surface area contributed by atoms with Gasteiger partial charge in [-0.1, -0.05) is 17.4 Å². The number of aromatic nitrogens is 1. The summed E-state index contributed by atoms with van der Waals surface area (Å²) in [5, 5.41) is 4.34. The number of hydrogen-bond donors (Lipinski definition) is 1. The van der Waals surface area contributed by atoms with Gasteiger partial charge in [-0.25, -0.2) is 9.18 Å². The maximum Gasteiger partial charge on any atom is 0.337 e. The molecule has 27 heavy (non-hydrogen) atoms. The van der Waals surface area contributed by atoms with Crippen LogP contribution in [0.25, 0.3) is 0 Å². The molecule has 0 spiro atoms. The zero-order chi connectivity index (χ0) is 19.4. The number of nitrogens with one attached hydrogen (secondary N) is 1. The Balaban J connectivity index is 1.87. The number of amides is 1. The summed E-state index contributed by atoms with van der Waals surface area (Å²) in [6.45, 7) is 0.123. The molecule has 0 saturated heterocycles. The minimum Gasteiger partial charge on any atom is -0.465 e. The Labute approximate surface area is 157 Å². The van der Waals surface area contributed by atoms with Crippen LogP contribution in [0.1, 0.15) is 26.3 Å². The first-order chi connectivity index (χ1) is 13.0. The maximum atomic E-state index is 13.7. The first-order valence-corrected chi connectivity index (χ1v) is 8.78. The van der Waals surface area contributed by atoms with Gasteiger partial charge in [0.25, 0.3) is 5.91 Å². The number of anilines is 1. The van der Waals surface area contributed by atoms with Crippen molar-refractivity contribution in [1.82, 2.24) is 4.57 Å². The van der Waals surface area contributed by atoms with Crippen LogP contribution in [0, 0.1) is 5.82 Å². The summed E-state index contributed by atoms with van der Waals surface area (Å²) in [5.74, 6) is -1.49. The lowest BCUT2D eigenvalue weighted by Gasteiger charge is -2.12. The zero-order valence-electron chi connectivity index (χ0n) is 14.3. The predicted octanol–water partition coefficient (Wildman–Crippen LogP) is 3.14. The number of halogens is 1. The number of nitrogens with zero attached hydrogens (tertiary/aromatic N) is 1. The summed E-state index contributed by atoms with van der Waals surface area (Å²) in [5.41, 5.74) is 1.33. The van der Waals surface area contributed by atoms with Gasteiger partial charge in [0.2, 0.25) is 0 Å². The molecule has 3 aromatic rings. The van der Waals surface area contributed by atoms with Crippen molar-refractivity contribution in [2.75, 3.05) is 12.4 Å². The van der Waals surface area contributed by atoms with Gasteiger partial charge in [0.15, 0.2) is 0 Å². The molecular weight excluding hydrogens is 371 g/mol. The fourth-order valence-corrected chi connectivity index (χ4v) is 3.09. The van der Waals surface area contributed by atoms with E-state index in [2.05, 4.69) is 10.1 Å². The molecule has 2 aromatic carbocycles. The molecule has 0 aliphatic heterocycles. The molecule has 0 unspecified atom stereocenters. The van der Waals surface area contributed by atoms with Crippen molar-refractivity contribution >= 4 is 28.9 Å². The maximum absolute atomic E-state index is 13.7. The van der Waals surface area contributed by atoms with E-state index in [0.717, 1.165) is 11.3 Å². The van der Waals surface area contributed by atoms with Crippen LogP contribution < -0.4 is 10.2 Å². The van der Waals surface area contributed by atoms with Crippen LogP contribution in [0.3, 0.4) is 0 Å². The molecule has 1 amide bonds. The fraction of sp³-hybridized carbons (Fsp3) is 0.105. The zero-order valence-corrected chi connectivity index (χ0v) is 15.1. The van der Waals surface area contributed by atoms with E-state index in [0.29, 0.717) is 11.3 Å². The second-order valence-electron chi connectivity index (χ2n) is 5.62. The topological polar surface area (TPSA) is 77.4 Å². The Morgan fingerprint density at radius 1 is 1.19 bits per heavy atom. The summed E-state index contributed by atoms with van der Waals surface area (Å²) in [4.78, 5) is 35.8. The van der Waals surface area contributed by atoms with Gasteiger partial charge < -0.3 is 14.6 Å². The van der Waals surface area contributed by atoms with Gasteiger partial charge in [0.05, 0.1) is 19.2 Å². The molecule has 0 aliphatic carbocycles. The molecule has 3 rings (SSSR count). The normalized spacial score (nSPS) is 10.4. The van der Waals surface area contributed by atoms with Crippen molar-refractivity contribution in [2.24, 2.45) is 0 Å². The van der Waals surface area contributed by atoms with Gasteiger partial charge in [-0.05, 0) is 42.0 Å². The second-order valence-corrected chi connectivity index (χ2v) is 6.48. The van der Waals surface area contributed by atoms with E-state index in [9.17, 15) is 18.8 Å². The standard InChI is InChI=1S/C19H15FN2O4S/c1-26-18(24)13-4-2-3-12(9-13)17(23)21-16-6-5-15(20)10-14(16)11-22-7-8-27-19(22)25/h2-10H,11H2,1H3,(H,21,23). The number of esters is 1. The first kappa shape index (κ1) is 18.5. The molecule has 1 heterocycles. The average Bonchev–Trinajstić information content (AvgIpc) is 3.08. The molecule has 0 radical (unpaired) electrons. The van der Waals surface area contributed by atoms with Gasteiger partial charge in [-0.3, -0.25) is 9.59 Å². The first-order valence-electron chi connectivity index (χ1n) is 7.90. The highest BCUT2D eigenvalue weighted by Gasteiger charge is 2.14. The van der Waals surface area contributed by atoms with Crippen LogP contribution in [0.15, 0.2) is 58.8 Å². The van der Waals surface area contributed by atoms with Gasteiger partial charge in [0.1, 0.15) is 5.82 Å². The van der Waals surface area contributed by atoms with Crippen molar-refractivity contribution in [3.63, 3.8) is 0 Å². The molecule has 6 nitrogen and oxygen atoms in total. The SMILES string of the molecule is COC(=O)c1cccc(C(=O)Nc2ccc(F)cc2Cn2ccsc2=O)c1. The molecule has 0 atom stereocenters. The van der Waals surface area contributed by atoms with Crippen LogP contribution >= 0.6 is 11.3 Å². The van der Waals surface area contributed by atoms with Crippen LogP contribution in [-0.2, 0) is 11.3 Å². The third-order valence-corrected chi connectivity index (χ3v) is 4.54. The lowest BCUT2D eigenvalue weighted by atomic mass is 10.1. The molecular formula is C19H15FN2O4S. The van der Waals surface area contributed by atoms with Crippen molar-refractivity contribution in [2.45, 2.75) is 6.54 Å². The Morgan fingerprint density at radius 3 is 2.67 bits per heavy atom. The van der Waals surface area contributed by atoms with Crippen LogP contribution in [0.2, 0.25) is 0 Å². The van der Waals surface area contributed by atoms with Crippen LogP contribution in [-0.4, -0.2) is 23.6 Å². The Bertz CT molecular complexity index is 1060. The third kappa shape index (κ3) is 4.29. The molecule has 138 valence electrons. The quantitative estimate of drug-likeness (QED) is 0.684. The molecule has 0 saturated carbocycles. The van der Waals surface area contributed by atoms with Gasteiger partial charge in [-0.2, -0.15) is 0 Å². The number of hydrogen-bond acceptors (Lipinski definition) is 5. The summed E-state index contributed by atoms with van der Waals surface area (Å²) in [6, 6.07) is 9.99. The number of rotatable bonds is 5. The highest BCUT2D eigenvalue weighted by Crippen LogP contribution is 2.20. The summed E-state index contributed by atoms with van der Waals surface area (Å²) in [7, 11) is 1.26. The smallest absolute Gasteiger partial charge is 0.337 e. The summed E-state index contributed by atoms with van der Waals surface area (Å²) < 4.78 is 19.7. The van der Waals surface area contributed by atoms with Crippen molar-refractivity contribution in [3.05, 3.63) is 86.2 Å². The van der Waals surface area contributed by atoms with Crippen molar-refractivity contribution < 1.29 is 18.7 Å². The average molecular weight is 386 g/mol. The van der Waals surface area contributed by atoms with Crippen molar-refractivity contribution in [1.29, 1.82) is 0 Å². The highest BCUT2D eigenvalue weighted by atomic mass is 32.1. The monoisotopic (exact) mass is 386 g/mol. The lowest BCUT2D eigenvalue weighted by molar-refractivity contribution is 0.0600. The lowest BCUT2D eigenvalue weighted by Crippen LogP contribution is -2.17. The van der Waals surface area contributed by atoms with E-state index in [1.165, 1.54) is 42.0 Å². The molecule has 0 bridgehead atoms. The Hall–Kier alpha value is -3.26. The Morgan fingerprint density at radius 2 is 1.96 bits per heavy atom. The Kier molecular flexibility index (Phi) is 5.46. The van der Waals surface area contributed by atoms with E-state index in [-0.39, 0.29) is 22.5 Å². The largest absolute Gasteiger partial charge is 0.465 e. The van der Waals surface area contributed by atoms with E-state index in [4.69, 9.17) is 0 Å². The van der Waals surface area contributed by atoms with E-state index in [1.54, 1.807) is 23.7 Å². The van der Waals surface area contributed by atoms with Gasteiger partial charge in [0, 0.05) is 22.8 Å². The van der Waals surface area contributed by atoms with Crippen molar-refractivity contribution in [3.8, 4) is 0 Å². The molecule has 0 fully saturated rings. The summed E-state index contributed by atoms with van der Waals surface area (Å²) >= 11 is 1.03. The number of carbonyl (C=O) groups excluding carboxylic acids is 2. The van der Waals surface area contributed by atoms with Crippen LogP contribution in [0.5, 0.6) is 0 Å². The van der Waals surface area contributed by atoms with E-state index >= 15 is 0 Å². The predicted molar refractivity (Wildman–Crippen MR) is 99.8 cm³/mol. The number of carbonyl (C=O) groups is 2. The second kappa shape index (κ2) is 7.96. The minimum absolute atomic E-state index is 0.123. The summed E-state index contributed by atoms with van der Waals surface area (Å²) in [6.07, 6.45) is 1.60. The van der Waals surface area contributed by atoms with Crippen LogP contribution in [0.4, 0.5) is 10.1 Å². The molecule has 8 heteroatoms. The fourth-order valence-electron chi connectivity index (χ4n) is 2.51. The number of ether oxygens (including phenoxy) is 1. The van der Waals surface area contributed by atoms with E-state index in [1.807, 2.05) is 0 Å². The number of thiazole rings is 1. The molecule has 0 aliphatic rings. The van der Waals surface area contributed by atoms with Gasteiger partial charge in [-0.15, -0.1) is 0 Å². The minimum atomic E-state index is -0.552. The van der Waals surface area contributed by atoms with E-state index < -0.39 is 17.7 Å². The highest BCUT2D eigenvalue weighted by molar-refractivity contribution is 7.07. The molecule has 1 N–H and O–H groups in total. The van der Waals surface area contributed by atoms with Gasteiger partial charge >= 0.3 is 10.8 Å². The number of benzene rings is 2.